The van der Waals surface area contributed by atoms with E-state index in [1.54, 1.807) is 30.0 Å². The monoisotopic (exact) mass is 344 g/mol. The van der Waals surface area contributed by atoms with Crippen LogP contribution in [-0.2, 0) is 11.3 Å². The summed E-state index contributed by atoms with van der Waals surface area (Å²) in [4.78, 5) is 18.6. The van der Waals surface area contributed by atoms with Crippen molar-refractivity contribution in [3.05, 3.63) is 41.5 Å². The van der Waals surface area contributed by atoms with Crippen molar-refractivity contribution in [2.45, 2.75) is 38.3 Å². The molecule has 2 heterocycles. The van der Waals surface area contributed by atoms with Crippen LogP contribution in [0.25, 0.3) is 5.69 Å². The number of ether oxygens (including phenoxy) is 1. The van der Waals surface area contributed by atoms with Gasteiger partial charge in [-0.2, -0.15) is 0 Å². The Hall–Kier alpha value is -2.25. The highest BCUT2D eigenvalue weighted by molar-refractivity contribution is 5.91. The normalized spacial score (nSPS) is 18.9. The fraction of sp³-hybridized carbons (Fsp3) is 0.500. The van der Waals surface area contributed by atoms with Gasteiger partial charge in [-0.25, -0.2) is 14.5 Å². The van der Waals surface area contributed by atoms with Gasteiger partial charge in [-0.05, 0) is 38.6 Å². The van der Waals surface area contributed by atoms with Crippen LogP contribution < -0.4 is 0 Å². The molecule has 0 spiro atoms. The molecule has 0 bridgehead atoms. The van der Waals surface area contributed by atoms with Gasteiger partial charge in [0.05, 0.1) is 17.3 Å². The lowest BCUT2D eigenvalue weighted by molar-refractivity contribution is 0.0696. The highest BCUT2D eigenvalue weighted by atomic mass is 16.5. The van der Waals surface area contributed by atoms with Gasteiger partial charge in [-0.1, -0.05) is 25.0 Å². The Kier molecular flexibility index (Phi) is 5.45. The smallest absolute Gasteiger partial charge is 0.337 e. The van der Waals surface area contributed by atoms with Crippen LogP contribution in [-0.4, -0.2) is 51.4 Å². The van der Waals surface area contributed by atoms with Gasteiger partial charge < -0.3 is 9.84 Å². The maximum atomic E-state index is 11.6. The Balaban J connectivity index is 2.11. The SMILES string of the molecule is COCc1nc([C@@H]2CCCCCN2C)n(-c2ccccc2C(=O)O)n1. The van der Waals surface area contributed by atoms with E-state index in [-0.39, 0.29) is 11.6 Å². The number of hydrogen-bond acceptors (Lipinski definition) is 5. The maximum Gasteiger partial charge on any atom is 0.337 e. The number of methoxy groups -OCH3 is 1. The molecule has 134 valence electrons. The van der Waals surface area contributed by atoms with Gasteiger partial charge in [0.25, 0.3) is 0 Å². The van der Waals surface area contributed by atoms with Crippen molar-refractivity contribution in [3.8, 4) is 5.69 Å². The third-order valence-corrected chi connectivity index (χ3v) is 4.63. The van der Waals surface area contributed by atoms with Crippen LogP contribution in [0.3, 0.4) is 0 Å². The first-order valence-corrected chi connectivity index (χ1v) is 8.59. The van der Waals surface area contributed by atoms with Crippen molar-refractivity contribution >= 4 is 5.97 Å². The first-order chi connectivity index (χ1) is 12.1. The highest BCUT2D eigenvalue weighted by Gasteiger charge is 2.27. The number of carboxylic acids is 1. The average molecular weight is 344 g/mol. The second kappa shape index (κ2) is 7.76. The Morgan fingerprint density at radius 2 is 2.12 bits per heavy atom. The molecule has 1 atom stereocenters. The molecule has 25 heavy (non-hydrogen) atoms. The van der Waals surface area contributed by atoms with E-state index in [1.807, 2.05) is 6.07 Å². The number of rotatable bonds is 5. The zero-order valence-electron chi connectivity index (χ0n) is 14.7. The first-order valence-electron chi connectivity index (χ1n) is 8.59. The maximum absolute atomic E-state index is 11.6. The van der Waals surface area contributed by atoms with Crippen molar-refractivity contribution < 1.29 is 14.6 Å². The summed E-state index contributed by atoms with van der Waals surface area (Å²) in [6, 6.07) is 7.02. The Morgan fingerprint density at radius 3 is 2.88 bits per heavy atom. The number of para-hydroxylation sites is 1. The molecule has 1 aliphatic heterocycles. The van der Waals surface area contributed by atoms with E-state index >= 15 is 0 Å². The number of aromatic carboxylic acids is 1. The summed E-state index contributed by atoms with van der Waals surface area (Å²) >= 11 is 0. The molecule has 0 unspecified atom stereocenters. The number of carboxylic acid groups (broad SMARTS) is 1. The topological polar surface area (TPSA) is 80.5 Å². The van der Waals surface area contributed by atoms with Crippen LogP contribution in [0.1, 0.15) is 53.7 Å². The highest BCUT2D eigenvalue weighted by Crippen LogP contribution is 2.30. The lowest BCUT2D eigenvalue weighted by Crippen LogP contribution is -2.27. The summed E-state index contributed by atoms with van der Waals surface area (Å²) in [5.74, 6) is 0.375. The van der Waals surface area contributed by atoms with E-state index in [1.165, 1.54) is 6.42 Å². The van der Waals surface area contributed by atoms with E-state index in [0.717, 1.165) is 31.6 Å². The number of likely N-dealkylation sites (tertiary alicyclic amines) is 1. The van der Waals surface area contributed by atoms with Gasteiger partial charge >= 0.3 is 5.97 Å². The predicted molar refractivity (Wildman–Crippen MR) is 92.9 cm³/mol. The molecule has 0 saturated carbocycles. The molecule has 2 aromatic rings. The van der Waals surface area contributed by atoms with Gasteiger partial charge in [-0.15, -0.1) is 5.10 Å². The molecular weight excluding hydrogens is 320 g/mol. The molecule has 1 aromatic heterocycles. The quantitative estimate of drug-likeness (QED) is 0.898. The van der Waals surface area contributed by atoms with Crippen molar-refractivity contribution in [2.75, 3.05) is 20.7 Å². The summed E-state index contributed by atoms with van der Waals surface area (Å²) in [6.45, 7) is 1.30. The Morgan fingerprint density at radius 1 is 1.32 bits per heavy atom. The third-order valence-electron chi connectivity index (χ3n) is 4.63. The summed E-state index contributed by atoms with van der Waals surface area (Å²) < 4.78 is 6.87. The second-order valence-corrected chi connectivity index (χ2v) is 6.40. The van der Waals surface area contributed by atoms with Gasteiger partial charge in [0.1, 0.15) is 12.4 Å². The summed E-state index contributed by atoms with van der Waals surface area (Å²) in [6.07, 6.45) is 4.47. The second-order valence-electron chi connectivity index (χ2n) is 6.40. The van der Waals surface area contributed by atoms with Crippen LogP contribution in [0, 0.1) is 0 Å². The molecule has 1 N–H and O–H groups in total. The molecule has 7 nitrogen and oxygen atoms in total. The average Bonchev–Trinajstić information content (AvgIpc) is 2.89. The van der Waals surface area contributed by atoms with Crippen LogP contribution >= 0.6 is 0 Å². The van der Waals surface area contributed by atoms with E-state index in [4.69, 9.17) is 4.74 Å². The van der Waals surface area contributed by atoms with Crippen molar-refractivity contribution in [1.29, 1.82) is 0 Å². The largest absolute Gasteiger partial charge is 0.478 e. The number of nitrogens with zero attached hydrogens (tertiary/aromatic N) is 4. The minimum atomic E-state index is -0.973. The molecule has 3 rings (SSSR count). The van der Waals surface area contributed by atoms with E-state index in [9.17, 15) is 9.90 Å². The lowest BCUT2D eigenvalue weighted by Gasteiger charge is -2.25. The minimum absolute atomic E-state index is 0.113. The van der Waals surface area contributed by atoms with Gasteiger partial charge in [-0.3, -0.25) is 4.90 Å². The molecule has 7 heteroatoms. The van der Waals surface area contributed by atoms with E-state index in [0.29, 0.717) is 18.1 Å². The van der Waals surface area contributed by atoms with Crippen LogP contribution in [0.5, 0.6) is 0 Å². The number of hydrogen-bond donors (Lipinski definition) is 1. The van der Waals surface area contributed by atoms with Crippen LogP contribution in [0.2, 0.25) is 0 Å². The molecule has 0 radical (unpaired) electrons. The molecule has 0 aliphatic carbocycles. The van der Waals surface area contributed by atoms with Crippen molar-refractivity contribution in [1.82, 2.24) is 19.7 Å². The molecule has 1 saturated heterocycles. The van der Waals surface area contributed by atoms with E-state index in [2.05, 4.69) is 22.0 Å². The lowest BCUT2D eigenvalue weighted by atomic mass is 10.1. The van der Waals surface area contributed by atoms with Crippen molar-refractivity contribution in [2.24, 2.45) is 0 Å². The minimum Gasteiger partial charge on any atom is -0.478 e. The molecule has 1 aromatic carbocycles. The first kappa shape index (κ1) is 17.6. The van der Waals surface area contributed by atoms with Crippen molar-refractivity contribution in [3.63, 3.8) is 0 Å². The number of carbonyl (C=O) groups is 1. The third kappa shape index (κ3) is 3.72. The zero-order valence-corrected chi connectivity index (χ0v) is 14.7. The van der Waals surface area contributed by atoms with Crippen LogP contribution in [0.15, 0.2) is 24.3 Å². The fourth-order valence-electron chi connectivity index (χ4n) is 3.37. The molecular formula is C18H24N4O3. The Labute approximate surface area is 147 Å². The summed E-state index contributed by atoms with van der Waals surface area (Å²) in [5, 5.41) is 14.1. The number of benzene rings is 1. The molecule has 0 amide bonds. The summed E-state index contributed by atoms with van der Waals surface area (Å²) in [7, 11) is 3.69. The fourth-order valence-corrected chi connectivity index (χ4v) is 3.37. The predicted octanol–water partition coefficient (Wildman–Crippen LogP) is 2.66. The van der Waals surface area contributed by atoms with Gasteiger partial charge in [0.2, 0.25) is 0 Å². The summed E-state index contributed by atoms with van der Waals surface area (Å²) in [5.41, 5.74) is 0.756. The van der Waals surface area contributed by atoms with Gasteiger partial charge in [0.15, 0.2) is 5.82 Å². The van der Waals surface area contributed by atoms with E-state index < -0.39 is 5.97 Å². The van der Waals surface area contributed by atoms with Crippen LogP contribution in [0.4, 0.5) is 0 Å². The number of aromatic nitrogens is 3. The molecule has 1 fully saturated rings. The molecule has 1 aliphatic rings. The standard InChI is InChI=1S/C18H24N4O3/c1-21-11-7-3-4-10-15(21)17-19-16(12-25-2)20-22(17)14-9-6-5-8-13(14)18(23)24/h5-6,8-9,15H,3-4,7,10-12H2,1-2H3,(H,23,24)/t15-/m0/s1. The zero-order chi connectivity index (χ0) is 17.8. The van der Waals surface area contributed by atoms with Gasteiger partial charge in [0, 0.05) is 7.11 Å². The Bertz CT molecular complexity index is 744.